The normalized spacial score (nSPS) is 21.2. The molecule has 0 spiro atoms. The first-order valence-corrected chi connectivity index (χ1v) is 7.88. The molecule has 1 aliphatic rings. The van der Waals surface area contributed by atoms with Crippen molar-refractivity contribution in [2.24, 2.45) is 11.7 Å². The quantitative estimate of drug-likeness (QED) is 0.868. The van der Waals surface area contributed by atoms with Crippen LogP contribution in [-0.2, 0) is 11.3 Å². The molecule has 0 aliphatic carbocycles. The predicted octanol–water partition coefficient (Wildman–Crippen LogP) is 1.75. The third kappa shape index (κ3) is 4.83. The number of nitrogens with one attached hydrogen (secondary N) is 1. The van der Waals surface area contributed by atoms with Crippen LogP contribution in [0.5, 0.6) is 0 Å². The number of hydrogen-bond donors (Lipinski definition) is 2. The van der Waals surface area contributed by atoms with E-state index in [0.717, 1.165) is 32.5 Å². The van der Waals surface area contributed by atoms with Gasteiger partial charge in [-0.3, -0.25) is 9.69 Å². The standard InChI is InChI=1S/C17H27N3O/c1-13(2)16(18)17(21)19-15-9-6-10-20(12-15)11-14-7-4-3-5-8-14/h3-5,7-8,13,15-16H,6,9-12,18H2,1-2H3,(H,19,21)/t15-,16?/m0/s1. The van der Waals surface area contributed by atoms with Crippen molar-refractivity contribution in [1.29, 1.82) is 0 Å². The van der Waals surface area contributed by atoms with E-state index < -0.39 is 6.04 Å². The lowest BCUT2D eigenvalue weighted by atomic mass is 10.0. The van der Waals surface area contributed by atoms with E-state index in [1.54, 1.807) is 0 Å². The number of piperidine rings is 1. The Kier molecular flexibility index (Phi) is 5.76. The lowest BCUT2D eigenvalue weighted by Crippen LogP contribution is -2.52. The summed E-state index contributed by atoms with van der Waals surface area (Å²) in [6, 6.07) is 10.3. The zero-order chi connectivity index (χ0) is 15.2. The highest BCUT2D eigenvalue weighted by atomic mass is 16.2. The monoisotopic (exact) mass is 289 g/mol. The van der Waals surface area contributed by atoms with Gasteiger partial charge in [-0.2, -0.15) is 0 Å². The summed E-state index contributed by atoms with van der Waals surface area (Å²) in [5, 5.41) is 3.11. The molecule has 1 saturated heterocycles. The van der Waals surface area contributed by atoms with Crippen LogP contribution < -0.4 is 11.1 Å². The molecule has 0 bridgehead atoms. The lowest BCUT2D eigenvalue weighted by Gasteiger charge is -2.34. The fourth-order valence-corrected chi connectivity index (χ4v) is 2.76. The smallest absolute Gasteiger partial charge is 0.237 e. The first kappa shape index (κ1) is 16.0. The molecule has 1 aromatic rings. The number of nitrogens with zero attached hydrogens (tertiary/aromatic N) is 1. The van der Waals surface area contributed by atoms with Crippen LogP contribution in [0.25, 0.3) is 0 Å². The highest BCUT2D eigenvalue weighted by Gasteiger charge is 2.24. The Morgan fingerprint density at radius 3 is 2.76 bits per heavy atom. The van der Waals surface area contributed by atoms with Gasteiger partial charge in [0.2, 0.25) is 5.91 Å². The van der Waals surface area contributed by atoms with Crippen LogP contribution in [0, 0.1) is 5.92 Å². The Morgan fingerprint density at radius 2 is 2.10 bits per heavy atom. The summed E-state index contributed by atoms with van der Waals surface area (Å²) in [4.78, 5) is 14.5. The van der Waals surface area contributed by atoms with Gasteiger partial charge in [0.1, 0.15) is 0 Å². The van der Waals surface area contributed by atoms with Crippen LogP contribution in [0.3, 0.4) is 0 Å². The van der Waals surface area contributed by atoms with E-state index in [9.17, 15) is 4.79 Å². The van der Waals surface area contributed by atoms with Gasteiger partial charge in [0.25, 0.3) is 0 Å². The van der Waals surface area contributed by atoms with Crippen LogP contribution in [0.15, 0.2) is 30.3 Å². The number of carbonyl (C=O) groups is 1. The highest BCUT2D eigenvalue weighted by molar-refractivity contribution is 5.82. The minimum atomic E-state index is -0.408. The van der Waals surface area contributed by atoms with Crippen molar-refractivity contribution in [3.8, 4) is 0 Å². The third-order valence-electron chi connectivity index (χ3n) is 4.12. The summed E-state index contributed by atoms with van der Waals surface area (Å²) < 4.78 is 0. The lowest BCUT2D eigenvalue weighted by molar-refractivity contribution is -0.124. The third-order valence-corrected chi connectivity index (χ3v) is 4.12. The van der Waals surface area contributed by atoms with Crippen molar-refractivity contribution in [3.05, 3.63) is 35.9 Å². The second kappa shape index (κ2) is 7.57. The molecule has 1 amide bonds. The first-order valence-electron chi connectivity index (χ1n) is 7.88. The molecular formula is C17H27N3O. The number of likely N-dealkylation sites (tertiary alicyclic amines) is 1. The van der Waals surface area contributed by atoms with Crippen LogP contribution in [-0.4, -0.2) is 36.0 Å². The van der Waals surface area contributed by atoms with Crippen LogP contribution in [0.2, 0.25) is 0 Å². The number of nitrogens with two attached hydrogens (primary N) is 1. The zero-order valence-corrected chi connectivity index (χ0v) is 13.1. The van der Waals surface area contributed by atoms with Gasteiger partial charge in [-0.15, -0.1) is 0 Å². The predicted molar refractivity (Wildman–Crippen MR) is 85.7 cm³/mol. The minimum Gasteiger partial charge on any atom is -0.351 e. The SMILES string of the molecule is CC(C)C(N)C(=O)N[C@H]1CCCN(Cc2ccccc2)C1. The van der Waals surface area contributed by atoms with Crippen molar-refractivity contribution in [1.82, 2.24) is 10.2 Å². The molecule has 1 fully saturated rings. The van der Waals surface area contributed by atoms with Gasteiger partial charge in [0.15, 0.2) is 0 Å². The Morgan fingerprint density at radius 1 is 1.38 bits per heavy atom. The number of rotatable bonds is 5. The largest absolute Gasteiger partial charge is 0.351 e. The fourth-order valence-electron chi connectivity index (χ4n) is 2.76. The number of hydrogen-bond acceptors (Lipinski definition) is 3. The number of carbonyl (C=O) groups excluding carboxylic acids is 1. The van der Waals surface area contributed by atoms with Crippen molar-refractivity contribution < 1.29 is 4.79 Å². The maximum Gasteiger partial charge on any atom is 0.237 e. The van der Waals surface area contributed by atoms with Gasteiger partial charge < -0.3 is 11.1 Å². The van der Waals surface area contributed by atoms with Gasteiger partial charge in [-0.25, -0.2) is 0 Å². The molecule has 2 atom stereocenters. The van der Waals surface area contributed by atoms with Crippen molar-refractivity contribution in [2.45, 2.75) is 45.3 Å². The molecule has 4 heteroatoms. The van der Waals surface area contributed by atoms with Gasteiger partial charge in [-0.05, 0) is 30.9 Å². The topological polar surface area (TPSA) is 58.4 Å². The van der Waals surface area contributed by atoms with Gasteiger partial charge in [-0.1, -0.05) is 44.2 Å². The van der Waals surface area contributed by atoms with Crippen molar-refractivity contribution in [3.63, 3.8) is 0 Å². The van der Waals surface area contributed by atoms with E-state index in [1.807, 2.05) is 19.9 Å². The van der Waals surface area contributed by atoms with Gasteiger partial charge in [0, 0.05) is 19.1 Å². The molecule has 1 heterocycles. The molecule has 116 valence electrons. The van der Waals surface area contributed by atoms with Crippen LogP contribution in [0.1, 0.15) is 32.3 Å². The van der Waals surface area contributed by atoms with Crippen molar-refractivity contribution in [2.75, 3.05) is 13.1 Å². The van der Waals surface area contributed by atoms with Gasteiger partial charge in [0.05, 0.1) is 6.04 Å². The van der Waals surface area contributed by atoms with E-state index in [-0.39, 0.29) is 17.9 Å². The summed E-state index contributed by atoms with van der Waals surface area (Å²) in [5.74, 6) is 0.158. The molecule has 1 unspecified atom stereocenters. The molecule has 1 aromatic carbocycles. The summed E-state index contributed by atoms with van der Waals surface area (Å²) in [6.07, 6.45) is 2.16. The molecule has 4 nitrogen and oxygen atoms in total. The molecular weight excluding hydrogens is 262 g/mol. The van der Waals surface area contributed by atoms with E-state index in [2.05, 4.69) is 34.5 Å². The van der Waals surface area contributed by atoms with E-state index >= 15 is 0 Å². The number of amides is 1. The first-order chi connectivity index (χ1) is 10.1. The molecule has 21 heavy (non-hydrogen) atoms. The molecule has 0 saturated carbocycles. The highest BCUT2D eigenvalue weighted by Crippen LogP contribution is 2.14. The minimum absolute atomic E-state index is 0.0171. The molecule has 2 rings (SSSR count). The van der Waals surface area contributed by atoms with Crippen LogP contribution in [0.4, 0.5) is 0 Å². The second-order valence-corrected chi connectivity index (χ2v) is 6.34. The Bertz CT molecular complexity index is 447. The Balaban J connectivity index is 1.85. The zero-order valence-electron chi connectivity index (χ0n) is 13.1. The van der Waals surface area contributed by atoms with E-state index in [4.69, 9.17) is 5.73 Å². The Labute approximate surface area is 127 Å². The summed E-state index contributed by atoms with van der Waals surface area (Å²) >= 11 is 0. The molecule has 0 radical (unpaired) electrons. The summed E-state index contributed by atoms with van der Waals surface area (Å²) in [5.41, 5.74) is 7.23. The maximum absolute atomic E-state index is 12.1. The molecule has 0 aromatic heterocycles. The second-order valence-electron chi connectivity index (χ2n) is 6.34. The summed E-state index contributed by atoms with van der Waals surface area (Å²) in [6.45, 7) is 6.91. The average Bonchev–Trinajstić information content (AvgIpc) is 2.47. The Hall–Kier alpha value is -1.39. The maximum atomic E-state index is 12.1. The fraction of sp³-hybridized carbons (Fsp3) is 0.588. The molecule has 3 N–H and O–H groups in total. The average molecular weight is 289 g/mol. The van der Waals surface area contributed by atoms with Gasteiger partial charge >= 0.3 is 0 Å². The van der Waals surface area contributed by atoms with E-state index in [0.29, 0.717) is 0 Å². The molecule has 1 aliphatic heterocycles. The number of benzene rings is 1. The summed E-state index contributed by atoms with van der Waals surface area (Å²) in [7, 11) is 0. The van der Waals surface area contributed by atoms with E-state index in [1.165, 1.54) is 5.56 Å². The van der Waals surface area contributed by atoms with Crippen LogP contribution >= 0.6 is 0 Å². The van der Waals surface area contributed by atoms with Crippen molar-refractivity contribution >= 4 is 5.91 Å².